The molecule has 0 spiro atoms. The van der Waals surface area contributed by atoms with E-state index in [4.69, 9.17) is 4.42 Å². The average Bonchev–Trinajstić information content (AvgIpc) is 3.46. The van der Waals surface area contributed by atoms with Crippen LogP contribution in [0, 0.1) is 5.92 Å². The van der Waals surface area contributed by atoms with Crippen molar-refractivity contribution in [3.8, 4) is 0 Å². The molecular weight excluding hydrogens is 390 g/mol. The number of likely N-dealkylation sites (tertiary alicyclic amines) is 1. The van der Waals surface area contributed by atoms with Gasteiger partial charge in [0.05, 0.1) is 12.2 Å². The first kappa shape index (κ1) is 21.2. The molecule has 2 aromatic heterocycles. The second-order valence-corrected chi connectivity index (χ2v) is 8.57. The Hall–Kier alpha value is -3.02. The number of para-hydroxylation sites is 1. The Kier molecular flexibility index (Phi) is 6.75. The van der Waals surface area contributed by atoms with Crippen molar-refractivity contribution in [1.82, 2.24) is 15.2 Å². The minimum atomic E-state index is -0.128. The lowest BCUT2D eigenvalue weighted by Crippen LogP contribution is -2.47. The molecule has 164 valence electrons. The molecule has 1 fully saturated rings. The normalized spacial score (nSPS) is 17.6. The number of aromatic nitrogens is 1. The van der Waals surface area contributed by atoms with Crippen LogP contribution in [0.15, 0.2) is 53.3 Å². The van der Waals surface area contributed by atoms with Crippen LogP contribution in [0.5, 0.6) is 0 Å². The summed E-state index contributed by atoms with van der Waals surface area (Å²) in [6.07, 6.45) is 8.19. The molecule has 2 unspecified atom stereocenters. The van der Waals surface area contributed by atoms with E-state index in [1.807, 2.05) is 48.4 Å². The number of nitrogens with one attached hydrogen (secondary N) is 2. The van der Waals surface area contributed by atoms with Gasteiger partial charge < -0.3 is 19.6 Å². The Labute approximate surface area is 183 Å². The van der Waals surface area contributed by atoms with E-state index in [9.17, 15) is 9.59 Å². The summed E-state index contributed by atoms with van der Waals surface area (Å²) in [6, 6.07) is 12.1. The molecule has 1 aliphatic rings. The van der Waals surface area contributed by atoms with Crippen LogP contribution in [0.25, 0.3) is 10.9 Å². The first-order chi connectivity index (χ1) is 15.1. The van der Waals surface area contributed by atoms with E-state index in [2.05, 4.69) is 16.4 Å². The highest BCUT2D eigenvalue weighted by Crippen LogP contribution is 2.21. The Morgan fingerprint density at radius 1 is 1.23 bits per heavy atom. The van der Waals surface area contributed by atoms with Crippen LogP contribution in [0.2, 0.25) is 0 Å². The van der Waals surface area contributed by atoms with Gasteiger partial charge in [0.25, 0.3) is 0 Å². The molecule has 3 aromatic rings. The lowest BCUT2D eigenvalue weighted by atomic mass is 9.96. The number of fused-ring (bicyclic) bond motifs is 1. The number of carbonyl (C=O) groups is 2. The van der Waals surface area contributed by atoms with Crippen LogP contribution in [0.4, 0.5) is 0 Å². The maximum Gasteiger partial charge on any atom is 0.225 e. The highest BCUT2D eigenvalue weighted by Gasteiger charge is 2.28. The molecule has 31 heavy (non-hydrogen) atoms. The van der Waals surface area contributed by atoms with Gasteiger partial charge in [-0.15, -0.1) is 0 Å². The molecule has 6 heteroatoms. The third-order valence-corrected chi connectivity index (χ3v) is 6.22. The zero-order chi connectivity index (χ0) is 21.6. The van der Waals surface area contributed by atoms with Gasteiger partial charge in [-0.3, -0.25) is 9.59 Å². The van der Waals surface area contributed by atoms with Crippen molar-refractivity contribution in [1.29, 1.82) is 0 Å². The lowest BCUT2D eigenvalue weighted by Gasteiger charge is -2.32. The van der Waals surface area contributed by atoms with Gasteiger partial charge in [-0.1, -0.05) is 18.2 Å². The fourth-order valence-electron chi connectivity index (χ4n) is 4.40. The molecule has 4 rings (SSSR count). The molecule has 0 radical (unpaired) electrons. The third kappa shape index (κ3) is 5.37. The molecule has 2 amide bonds. The number of aromatic amines is 1. The summed E-state index contributed by atoms with van der Waals surface area (Å²) in [5, 5.41) is 4.30. The molecule has 1 saturated heterocycles. The van der Waals surface area contributed by atoms with E-state index in [1.54, 1.807) is 6.26 Å². The number of hydrogen-bond donors (Lipinski definition) is 2. The third-order valence-electron chi connectivity index (χ3n) is 6.22. The smallest absolute Gasteiger partial charge is 0.225 e. The Bertz CT molecular complexity index is 1010. The monoisotopic (exact) mass is 421 g/mol. The van der Waals surface area contributed by atoms with Gasteiger partial charge in [-0.25, -0.2) is 0 Å². The largest absolute Gasteiger partial charge is 0.469 e. The summed E-state index contributed by atoms with van der Waals surface area (Å²) in [6.45, 7) is 3.28. The fourth-order valence-corrected chi connectivity index (χ4v) is 4.40. The quantitative estimate of drug-likeness (QED) is 0.575. The standard InChI is InChI=1S/C25H31N3O3/c1-18(10-12-21-7-5-15-31-21)27-25(30)20-6-4-14-28(17-20)24(29)13-11-19-16-26-23-9-3-2-8-22(19)23/h2-3,5,7-9,15-16,18,20,26H,4,6,10-14,17H2,1H3,(H,27,30). The van der Waals surface area contributed by atoms with Gasteiger partial charge in [0.1, 0.15) is 5.76 Å². The molecule has 6 nitrogen and oxygen atoms in total. The molecule has 3 heterocycles. The average molecular weight is 422 g/mol. The highest BCUT2D eigenvalue weighted by molar-refractivity contribution is 5.84. The first-order valence-electron chi connectivity index (χ1n) is 11.3. The van der Waals surface area contributed by atoms with Crippen LogP contribution < -0.4 is 5.32 Å². The summed E-state index contributed by atoms with van der Waals surface area (Å²) in [7, 11) is 0. The summed E-state index contributed by atoms with van der Waals surface area (Å²) in [5.41, 5.74) is 2.27. The SMILES string of the molecule is CC(CCc1ccco1)NC(=O)C1CCCN(C(=O)CCc2c[nH]c3ccccc23)C1. The molecular formula is C25H31N3O3. The van der Waals surface area contributed by atoms with Gasteiger partial charge in [0, 0.05) is 49.1 Å². The Balaban J connectivity index is 1.25. The topological polar surface area (TPSA) is 78.3 Å². The van der Waals surface area contributed by atoms with Gasteiger partial charge in [-0.05, 0) is 56.4 Å². The minimum absolute atomic E-state index is 0.0565. The molecule has 1 aliphatic heterocycles. The van der Waals surface area contributed by atoms with Gasteiger partial charge >= 0.3 is 0 Å². The van der Waals surface area contributed by atoms with Gasteiger partial charge in [0.15, 0.2) is 0 Å². The summed E-state index contributed by atoms with van der Waals surface area (Å²) in [5.74, 6) is 0.998. The van der Waals surface area contributed by atoms with Crippen molar-refractivity contribution in [3.63, 3.8) is 0 Å². The number of furan rings is 1. The van der Waals surface area contributed by atoms with Crippen molar-refractivity contribution >= 4 is 22.7 Å². The van der Waals surface area contributed by atoms with E-state index in [-0.39, 0.29) is 23.8 Å². The number of nitrogens with zero attached hydrogens (tertiary/aromatic N) is 1. The number of amides is 2. The maximum atomic E-state index is 12.8. The van der Waals surface area contributed by atoms with Gasteiger partial charge in [-0.2, -0.15) is 0 Å². The number of benzene rings is 1. The van der Waals surface area contributed by atoms with E-state index in [0.717, 1.165) is 43.5 Å². The maximum absolute atomic E-state index is 12.8. The summed E-state index contributed by atoms with van der Waals surface area (Å²) < 4.78 is 5.36. The number of carbonyl (C=O) groups excluding carboxylic acids is 2. The van der Waals surface area contributed by atoms with E-state index >= 15 is 0 Å². The molecule has 2 N–H and O–H groups in total. The molecule has 1 aromatic carbocycles. The number of piperidine rings is 1. The zero-order valence-corrected chi connectivity index (χ0v) is 18.1. The summed E-state index contributed by atoms with van der Waals surface area (Å²) >= 11 is 0. The van der Waals surface area contributed by atoms with E-state index in [1.165, 1.54) is 10.9 Å². The Morgan fingerprint density at radius 2 is 2.10 bits per heavy atom. The molecule has 0 aliphatic carbocycles. The van der Waals surface area contributed by atoms with Crippen LogP contribution in [-0.4, -0.2) is 40.8 Å². The number of rotatable bonds is 8. The van der Waals surface area contributed by atoms with Crippen LogP contribution in [-0.2, 0) is 22.4 Å². The van der Waals surface area contributed by atoms with Crippen molar-refractivity contribution in [2.75, 3.05) is 13.1 Å². The predicted molar refractivity (Wildman–Crippen MR) is 121 cm³/mol. The number of hydrogen-bond acceptors (Lipinski definition) is 3. The van der Waals surface area contributed by atoms with Gasteiger partial charge in [0.2, 0.25) is 11.8 Å². The second-order valence-electron chi connectivity index (χ2n) is 8.57. The summed E-state index contributed by atoms with van der Waals surface area (Å²) in [4.78, 5) is 30.7. The van der Waals surface area contributed by atoms with Crippen LogP contribution in [0.1, 0.15) is 43.9 Å². The lowest BCUT2D eigenvalue weighted by molar-refractivity contribution is -0.135. The molecule has 0 saturated carbocycles. The number of H-pyrrole nitrogens is 1. The number of aryl methyl sites for hydroxylation is 2. The molecule has 2 atom stereocenters. The van der Waals surface area contributed by atoms with Crippen molar-refractivity contribution in [3.05, 3.63) is 60.2 Å². The first-order valence-corrected chi connectivity index (χ1v) is 11.3. The van der Waals surface area contributed by atoms with E-state index in [0.29, 0.717) is 19.4 Å². The predicted octanol–water partition coefficient (Wildman–Crippen LogP) is 4.07. The van der Waals surface area contributed by atoms with Crippen molar-refractivity contribution in [2.45, 2.75) is 51.5 Å². The minimum Gasteiger partial charge on any atom is -0.469 e. The van der Waals surface area contributed by atoms with Crippen LogP contribution in [0.3, 0.4) is 0 Å². The fraction of sp³-hybridized carbons (Fsp3) is 0.440. The van der Waals surface area contributed by atoms with Crippen molar-refractivity contribution < 1.29 is 14.0 Å². The van der Waals surface area contributed by atoms with E-state index < -0.39 is 0 Å². The second kappa shape index (κ2) is 9.86. The highest BCUT2D eigenvalue weighted by atomic mass is 16.3. The molecule has 0 bridgehead atoms. The van der Waals surface area contributed by atoms with Crippen molar-refractivity contribution in [2.24, 2.45) is 5.92 Å². The zero-order valence-electron chi connectivity index (χ0n) is 18.1. The van der Waals surface area contributed by atoms with Crippen LogP contribution >= 0.6 is 0 Å². The Morgan fingerprint density at radius 3 is 2.94 bits per heavy atom.